The maximum atomic E-state index is 0. The number of hydrogen-bond acceptors (Lipinski definition) is 0. The van der Waals surface area contributed by atoms with E-state index in [2.05, 4.69) is 0 Å². The fourth-order valence-corrected chi connectivity index (χ4v) is 0. The predicted molar refractivity (Wildman–Crippen MR) is 19.9 cm³/mol. The van der Waals surface area contributed by atoms with Gasteiger partial charge >= 0.3 is 0 Å². The van der Waals surface area contributed by atoms with Crippen molar-refractivity contribution in [1.29, 1.82) is 0 Å². The van der Waals surface area contributed by atoms with Crippen LogP contribution in [0.15, 0.2) is 0 Å². The van der Waals surface area contributed by atoms with E-state index >= 15 is 0 Å². The maximum absolute atomic E-state index is 0. The minimum Gasteiger partial charge on any atom is -0.358 e. The molecule has 0 bridgehead atoms. The second-order valence-electron chi connectivity index (χ2n) is 0. The molecule has 0 N–H and O–H groups in total. The van der Waals surface area contributed by atoms with Gasteiger partial charge in [-0.25, -0.2) is 0 Å². The van der Waals surface area contributed by atoms with Crippen molar-refractivity contribution in [2.24, 2.45) is 0 Å². The first kappa shape index (κ1) is 3.00. The minimum absolute atomic E-state index is 0. The molecule has 0 radical (unpaired) electrons. The molecule has 0 spiro atoms. The number of rotatable bonds is 0. The summed E-state index contributed by atoms with van der Waals surface area (Å²) in [5.41, 5.74) is 0. The minimum atomic E-state index is 0. The molecule has 0 fully saturated rings. The second kappa shape index (κ2) is 0.500. The Bertz CT molecular complexity index is 6.85. The van der Waals surface area contributed by atoms with Gasteiger partial charge in [0, 0.05) is 0 Å². The largest absolute Gasteiger partial charge is 0.358 e. The molecule has 0 saturated heterocycles. The first-order valence-electron chi connectivity index (χ1n) is 0. The van der Waals surface area contributed by atoms with Crippen LogP contribution in [0.1, 0.15) is 14.9 Å². The Morgan fingerprint density at radius 3 is 0.800 bits per heavy atom. The van der Waals surface area contributed by atoms with E-state index < -0.39 is 0 Å². The van der Waals surface area contributed by atoms with E-state index in [1.54, 1.807) is 0 Å². The average molecular weight is 561 g/mol. The molecule has 0 heterocycles. The van der Waals surface area contributed by atoms with Gasteiger partial charge in [-0.1, -0.05) is 14.9 Å². The molecule has 2 heteroatoms. The van der Waals surface area contributed by atoms with Crippen LogP contribution in [0.3, 0.4) is 0 Å². The molecule has 0 aliphatic carbocycles. The van der Waals surface area contributed by atoms with Crippen LogP contribution in [0.25, 0.3) is 0 Å². The molecule has 0 atom stereocenters. The van der Waals surface area contributed by atoms with E-state index in [1.807, 2.05) is 0 Å². The summed E-state index contributed by atoms with van der Waals surface area (Å²) < 4.78 is 0. The molecule has 0 aromatic carbocycles. The Morgan fingerprint density at radius 2 is 0.800 bits per heavy atom. The van der Waals surface area contributed by atoms with Crippen LogP contribution in [0.2, 0.25) is 0 Å². The van der Waals surface area contributed by atoms with Crippen molar-refractivity contribution in [2.45, 2.75) is 14.9 Å². The van der Waals surface area contributed by atoms with Crippen molar-refractivity contribution in [3.63, 3.8) is 0 Å². The van der Waals surface area contributed by atoms with Crippen molar-refractivity contribution in [3.8, 4) is 0 Å². The van der Waals surface area contributed by atoms with E-state index in [0.717, 1.165) is 0 Å². The number of hydrogen-bond donors (Lipinski definition) is 0. The van der Waals surface area contributed by atoms with Crippen LogP contribution in [-0.4, -0.2) is 0 Å². The SMILES string of the molecule is C.C.[CH3-].[Cm].[Rf]. The molecule has 0 rings (SSSR count). The summed E-state index contributed by atoms with van der Waals surface area (Å²) in [6.45, 7) is 0. The van der Waals surface area contributed by atoms with Gasteiger partial charge in [-0.15, -0.1) is 0 Å². The van der Waals surface area contributed by atoms with E-state index in [1.165, 1.54) is 0 Å². The van der Waals surface area contributed by atoms with Crippen molar-refractivity contribution in [2.75, 3.05) is 0 Å². The van der Waals surface area contributed by atoms with Gasteiger partial charge in [-0.3, -0.25) is 0 Å². The predicted octanol–water partition coefficient (Wildman–Crippen LogP) is 1.72. The van der Waals surface area contributed by atoms with Crippen LogP contribution in [0.4, 0.5) is 0 Å². The van der Waals surface area contributed by atoms with E-state index in [0.29, 0.717) is 0 Å². The van der Waals surface area contributed by atoms with Crippen LogP contribution >= 0.6 is 0 Å². The zero-order valence-corrected chi connectivity index (χ0v) is 11.4. The third-order valence-electron chi connectivity index (χ3n) is 0. The standard InChI is InChI=1S/2CH4.CH3.Cm.Rf/h2*1H4;1H3;;/q;;-1;;. The van der Waals surface area contributed by atoms with Crippen LogP contribution in [0, 0.1) is 7.43 Å². The third-order valence-corrected chi connectivity index (χ3v) is 0. The molecule has 0 amide bonds. The smallest absolute Gasteiger partial charge is 0 e. The summed E-state index contributed by atoms with van der Waals surface area (Å²) in [6, 6.07) is 0. The van der Waals surface area contributed by atoms with Crippen molar-refractivity contribution < 1.29 is 0 Å². The molecule has 0 nitrogen and oxygen atoms in total. The van der Waals surface area contributed by atoms with Gasteiger partial charge in [-0.2, -0.15) is 0 Å². The van der Waals surface area contributed by atoms with Crippen LogP contribution in [0.5, 0.6) is 0 Å². The van der Waals surface area contributed by atoms with Gasteiger partial charge in [0.1, 0.15) is 0 Å². The van der Waals surface area contributed by atoms with E-state index in [-0.39, 0.29) is 22.3 Å². The molecular formula is C3H11CmRf-. The van der Waals surface area contributed by atoms with Gasteiger partial charge in [0.05, 0.1) is 0 Å². The molecule has 0 unspecified atom stereocenters. The maximum Gasteiger partial charge on any atom is 0 e. The van der Waals surface area contributed by atoms with Gasteiger partial charge in [0.15, 0.2) is 0 Å². The van der Waals surface area contributed by atoms with Gasteiger partial charge in [0.2, 0.25) is 0 Å². The summed E-state index contributed by atoms with van der Waals surface area (Å²) in [4.78, 5) is 0. The Morgan fingerprint density at radius 1 is 0.800 bits per heavy atom. The fraction of sp³-hybridized carbons (Fsp3) is 0.667. The van der Waals surface area contributed by atoms with Crippen molar-refractivity contribution in [1.82, 2.24) is 0 Å². The monoisotopic (exact) mass is 557 g/mol. The van der Waals surface area contributed by atoms with E-state index in [4.69, 9.17) is 0 Å². The van der Waals surface area contributed by atoms with Gasteiger partial charge in [0.25, 0.3) is 0 Å². The summed E-state index contributed by atoms with van der Waals surface area (Å²) in [6.07, 6.45) is 0. The summed E-state index contributed by atoms with van der Waals surface area (Å²) in [5, 5.41) is 0. The zero-order chi connectivity index (χ0) is 0. The van der Waals surface area contributed by atoms with Gasteiger partial charge < -0.3 is 7.43 Å². The molecule has 0 aliphatic rings. The molecule has 0 aliphatic heterocycles. The first-order chi connectivity index (χ1) is 0. The first-order valence-corrected chi connectivity index (χ1v) is 0. The Labute approximate surface area is 23.5 Å². The van der Waals surface area contributed by atoms with Crippen LogP contribution in [-0.2, 0) is 0 Å². The fourth-order valence-electron chi connectivity index (χ4n) is 0. The van der Waals surface area contributed by atoms with Crippen molar-refractivity contribution >= 4 is 0 Å². The quantitative estimate of drug-likeness (QED) is 0.396. The molecule has 0 aromatic heterocycles. The van der Waals surface area contributed by atoms with E-state index in [9.17, 15) is 0 Å². The molecule has 0 aromatic rings. The molecule has 34 valence electrons. The molecular weight excluding hydrogens is 550 g/mol. The zero-order valence-electron chi connectivity index (χ0n) is 2.06. The average Bonchev–Trinajstić information content (AvgIpc) is 0. The summed E-state index contributed by atoms with van der Waals surface area (Å²) >= 11 is 0. The third kappa shape index (κ3) is 0. The Kier molecular flexibility index (Phi) is 0.300. The van der Waals surface area contributed by atoms with Crippen LogP contribution < -0.4 is 0 Å². The second-order valence-corrected chi connectivity index (χ2v) is 0. The Balaban J connectivity index is 0. The topological polar surface area (TPSA) is 0 Å². The summed E-state index contributed by atoms with van der Waals surface area (Å²) in [5.74, 6) is 0. The van der Waals surface area contributed by atoms with Gasteiger partial charge in [-0.05, 0) is 0 Å². The molecule has 0 saturated carbocycles. The Hall–Kier alpha value is -2.00. The molecule has 5 heavy (non-hydrogen) atoms. The van der Waals surface area contributed by atoms with Crippen molar-refractivity contribution in [3.05, 3.63) is 7.43 Å². The normalized spacial score (nSPS) is 0. The summed E-state index contributed by atoms with van der Waals surface area (Å²) in [7, 11) is 0.